The number of nitrogens with one attached hydrogen (secondary N) is 2. The molecule has 0 unspecified atom stereocenters. The lowest BCUT2D eigenvalue weighted by atomic mass is 10.1. The average molecular weight is 290 g/mol. The molecule has 2 aromatic carbocycles. The van der Waals surface area contributed by atoms with E-state index >= 15 is 0 Å². The van der Waals surface area contributed by atoms with Crippen LogP contribution in [0.3, 0.4) is 0 Å². The highest BCUT2D eigenvalue weighted by atomic mass is 16.5. The number of benzene rings is 2. The third-order valence-corrected chi connectivity index (χ3v) is 3.44. The molecule has 0 amide bonds. The summed E-state index contributed by atoms with van der Waals surface area (Å²) in [4.78, 5) is 7.56. The summed E-state index contributed by atoms with van der Waals surface area (Å²) in [6, 6.07) is 15.8. The van der Waals surface area contributed by atoms with Crippen molar-refractivity contribution < 1.29 is 4.74 Å². The molecule has 5 nitrogen and oxygen atoms in total. The van der Waals surface area contributed by atoms with Crippen LogP contribution in [-0.2, 0) is 0 Å². The van der Waals surface area contributed by atoms with Crippen molar-refractivity contribution in [1.82, 2.24) is 9.97 Å². The van der Waals surface area contributed by atoms with Crippen molar-refractivity contribution >= 4 is 29.3 Å². The van der Waals surface area contributed by atoms with Gasteiger partial charge in [-0.2, -0.15) is 5.10 Å². The highest BCUT2D eigenvalue weighted by Gasteiger charge is 2.08. The number of H-pyrrole nitrogens is 1. The van der Waals surface area contributed by atoms with Crippen LogP contribution in [0.15, 0.2) is 59.2 Å². The Morgan fingerprint density at radius 1 is 1.14 bits per heavy atom. The van der Waals surface area contributed by atoms with Crippen molar-refractivity contribution in [3.8, 4) is 5.75 Å². The van der Waals surface area contributed by atoms with Crippen molar-refractivity contribution in [2.24, 2.45) is 5.10 Å². The maximum Gasteiger partial charge on any atom is 0.222 e. The van der Waals surface area contributed by atoms with Gasteiger partial charge in [0, 0.05) is 11.1 Å². The molecular formula is C17H14N4O. The Labute approximate surface area is 127 Å². The Morgan fingerprint density at radius 2 is 2.00 bits per heavy atom. The minimum absolute atomic E-state index is 0.516. The topological polar surface area (TPSA) is 62.3 Å². The third-order valence-electron chi connectivity index (χ3n) is 3.44. The van der Waals surface area contributed by atoms with E-state index in [0.29, 0.717) is 12.6 Å². The molecule has 0 aliphatic carbocycles. The van der Waals surface area contributed by atoms with E-state index in [-0.39, 0.29) is 0 Å². The molecule has 2 heterocycles. The number of hydrogen-bond acceptors (Lipinski definition) is 4. The standard InChI is InChI=1S/C17H14N4O/c1-4-8-16-13(5-1)9-12(11-22-16)10-18-21-17-19-14-6-2-3-7-15(14)20-17/h1-10H,11H2,(H2,19,20,21). The molecule has 1 aliphatic heterocycles. The number of ether oxygens (including phenoxy) is 1. The van der Waals surface area contributed by atoms with E-state index < -0.39 is 0 Å². The second-order valence-corrected chi connectivity index (χ2v) is 5.02. The monoisotopic (exact) mass is 290 g/mol. The number of imidazole rings is 1. The maximum absolute atomic E-state index is 5.68. The zero-order chi connectivity index (χ0) is 14.8. The highest BCUT2D eigenvalue weighted by Crippen LogP contribution is 2.24. The molecule has 3 aromatic rings. The summed E-state index contributed by atoms with van der Waals surface area (Å²) in [5, 5.41) is 4.22. The van der Waals surface area contributed by atoms with Crippen LogP contribution in [0, 0.1) is 0 Å². The van der Waals surface area contributed by atoms with Crippen LogP contribution in [0.1, 0.15) is 5.56 Å². The van der Waals surface area contributed by atoms with E-state index in [9.17, 15) is 0 Å². The van der Waals surface area contributed by atoms with Crippen molar-refractivity contribution in [1.29, 1.82) is 0 Å². The fourth-order valence-electron chi connectivity index (χ4n) is 2.39. The number of hydrazone groups is 1. The summed E-state index contributed by atoms with van der Waals surface area (Å²) in [6.45, 7) is 0.516. The Bertz CT molecular complexity index is 846. The van der Waals surface area contributed by atoms with Crippen LogP contribution < -0.4 is 10.2 Å². The van der Waals surface area contributed by atoms with Crippen LogP contribution in [0.4, 0.5) is 5.95 Å². The number of rotatable bonds is 3. The van der Waals surface area contributed by atoms with Gasteiger partial charge in [0.1, 0.15) is 12.4 Å². The van der Waals surface area contributed by atoms with Gasteiger partial charge in [0.15, 0.2) is 0 Å². The Hall–Kier alpha value is -3.08. The zero-order valence-electron chi connectivity index (χ0n) is 11.8. The fraction of sp³-hybridized carbons (Fsp3) is 0.0588. The van der Waals surface area contributed by atoms with Crippen LogP contribution >= 0.6 is 0 Å². The smallest absolute Gasteiger partial charge is 0.222 e. The van der Waals surface area contributed by atoms with Gasteiger partial charge in [0.2, 0.25) is 5.95 Å². The summed E-state index contributed by atoms with van der Waals surface area (Å²) in [6.07, 6.45) is 3.83. The zero-order valence-corrected chi connectivity index (χ0v) is 11.8. The van der Waals surface area contributed by atoms with E-state index in [1.807, 2.05) is 48.5 Å². The summed E-state index contributed by atoms with van der Waals surface area (Å²) in [7, 11) is 0. The van der Waals surface area contributed by atoms with Crippen molar-refractivity contribution in [2.45, 2.75) is 0 Å². The lowest BCUT2D eigenvalue weighted by molar-refractivity contribution is 0.353. The first-order chi connectivity index (χ1) is 10.9. The molecule has 0 spiro atoms. The van der Waals surface area contributed by atoms with Crippen molar-refractivity contribution in [3.05, 3.63) is 59.7 Å². The van der Waals surface area contributed by atoms with Gasteiger partial charge in [-0.15, -0.1) is 0 Å². The first kappa shape index (κ1) is 12.6. The lowest BCUT2D eigenvalue weighted by Crippen LogP contribution is -2.08. The number of aromatic nitrogens is 2. The molecule has 22 heavy (non-hydrogen) atoms. The summed E-state index contributed by atoms with van der Waals surface area (Å²) in [5.41, 5.74) is 6.87. The molecule has 0 fully saturated rings. The molecule has 1 aliphatic rings. The molecule has 1 aromatic heterocycles. The molecule has 0 radical (unpaired) electrons. The number of para-hydroxylation sites is 3. The minimum Gasteiger partial charge on any atom is -0.488 e. The summed E-state index contributed by atoms with van der Waals surface area (Å²) >= 11 is 0. The second kappa shape index (κ2) is 5.37. The minimum atomic E-state index is 0.516. The predicted molar refractivity (Wildman–Crippen MR) is 88.1 cm³/mol. The maximum atomic E-state index is 5.68. The Kier molecular flexibility index (Phi) is 3.08. The average Bonchev–Trinajstić information content (AvgIpc) is 2.97. The first-order valence-corrected chi connectivity index (χ1v) is 7.05. The van der Waals surface area contributed by atoms with Crippen LogP contribution in [-0.4, -0.2) is 22.8 Å². The lowest BCUT2D eigenvalue weighted by Gasteiger charge is -2.15. The number of fused-ring (bicyclic) bond motifs is 2. The van der Waals surface area contributed by atoms with E-state index in [4.69, 9.17) is 4.74 Å². The molecule has 0 atom stereocenters. The van der Waals surface area contributed by atoms with Crippen LogP contribution in [0.25, 0.3) is 17.1 Å². The van der Waals surface area contributed by atoms with E-state index in [0.717, 1.165) is 27.9 Å². The quantitative estimate of drug-likeness (QED) is 0.574. The molecule has 5 heteroatoms. The molecule has 0 saturated carbocycles. The van der Waals surface area contributed by atoms with Gasteiger partial charge >= 0.3 is 0 Å². The molecule has 2 N–H and O–H groups in total. The van der Waals surface area contributed by atoms with E-state index in [2.05, 4.69) is 26.6 Å². The van der Waals surface area contributed by atoms with Crippen LogP contribution in [0.2, 0.25) is 0 Å². The Morgan fingerprint density at radius 3 is 2.95 bits per heavy atom. The van der Waals surface area contributed by atoms with Gasteiger partial charge < -0.3 is 9.72 Å². The number of anilines is 1. The van der Waals surface area contributed by atoms with Gasteiger partial charge in [0.05, 0.1) is 17.2 Å². The largest absolute Gasteiger partial charge is 0.488 e. The van der Waals surface area contributed by atoms with Gasteiger partial charge in [-0.1, -0.05) is 30.3 Å². The molecule has 108 valence electrons. The molecular weight excluding hydrogens is 276 g/mol. The third kappa shape index (κ3) is 2.44. The molecule has 4 rings (SSSR count). The number of hydrogen-bond donors (Lipinski definition) is 2. The van der Waals surface area contributed by atoms with Gasteiger partial charge in [-0.25, -0.2) is 10.4 Å². The normalized spacial score (nSPS) is 13.7. The molecule has 0 bridgehead atoms. The van der Waals surface area contributed by atoms with E-state index in [1.54, 1.807) is 6.21 Å². The first-order valence-electron chi connectivity index (χ1n) is 7.05. The van der Waals surface area contributed by atoms with Gasteiger partial charge in [-0.3, -0.25) is 0 Å². The number of aromatic amines is 1. The van der Waals surface area contributed by atoms with Gasteiger partial charge in [0.25, 0.3) is 0 Å². The summed E-state index contributed by atoms with van der Waals surface area (Å²) < 4.78 is 5.68. The fourth-order valence-corrected chi connectivity index (χ4v) is 2.39. The number of nitrogens with zero attached hydrogens (tertiary/aromatic N) is 2. The van der Waals surface area contributed by atoms with Crippen molar-refractivity contribution in [2.75, 3.05) is 12.0 Å². The predicted octanol–water partition coefficient (Wildman–Crippen LogP) is 3.44. The van der Waals surface area contributed by atoms with E-state index in [1.165, 1.54) is 0 Å². The SMILES string of the molecule is C(=NNc1nc2ccccc2[nH]1)C1=Cc2ccccc2OC1. The van der Waals surface area contributed by atoms with Crippen molar-refractivity contribution in [3.63, 3.8) is 0 Å². The highest BCUT2D eigenvalue weighted by molar-refractivity contribution is 5.88. The summed E-state index contributed by atoms with van der Waals surface area (Å²) in [5.74, 6) is 1.53. The molecule has 0 saturated heterocycles. The Balaban J connectivity index is 1.50. The van der Waals surface area contributed by atoms with Crippen LogP contribution in [0.5, 0.6) is 5.75 Å². The second-order valence-electron chi connectivity index (χ2n) is 5.02. The van der Waals surface area contributed by atoms with Gasteiger partial charge in [-0.05, 0) is 24.3 Å².